The first-order chi connectivity index (χ1) is 15.3. The molecule has 0 spiro atoms. The molecule has 9 nitrogen and oxygen atoms in total. The lowest BCUT2D eigenvalue weighted by atomic mass is 10.1. The standard InChI is InChI=1S/C23H24N4O5/c1-25(2)11-12-26-18-13-15(7-8-19(18)32-14-21(26)29)24-20(28)9-10-27-22(30)16-5-3-4-6-17(16)23(27)31/h3-8,13H,9-12,14H2,1-2H3,(H,24,28). The minimum absolute atomic E-state index is 0.0142. The maximum atomic E-state index is 12.5. The number of nitrogens with zero attached hydrogens (tertiary/aromatic N) is 3. The van der Waals surface area contributed by atoms with Crippen LogP contribution in [-0.2, 0) is 9.59 Å². The van der Waals surface area contributed by atoms with Gasteiger partial charge in [-0.05, 0) is 44.4 Å². The molecular weight excluding hydrogens is 412 g/mol. The summed E-state index contributed by atoms with van der Waals surface area (Å²) in [4.78, 5) is 54.4. The average molecular weight is 436 g/mol. The highest BCUT2D eigenvalue weighted by molar-refractivity contribution is 6.21. The summed E-state index contributed by atoms with van der Waals surface area (Å²) < 4.78 is 5.50. The molecule has 0 aliphatic carbocycles. The number of likely N-dealkylation sites (N-methyl/N-ethyl adjacent to an activating group) is 1. The van der Waals surface area contributed by atoms with E-state index in [0.717, 1.165) is 4.90 Å². The second-order valence-electron chi connectivity index (χ2n) is 7.93. The number of amides is 4. The van der Waals surface area contributed by atoms with Crippen molar-refractivity contribution in [2.75, 3.05) is 50.6 Å². The third kappa shape index (κ3) is 4.19. The average Bonchev–Trinajstić information content (AvgIpc) is 3.01. The third-order valence-corrected chi connectivity index (χ3v) is 5.40. The maximum Gasteiger partial charge on any atom is 0.265 e. The molecule has 0 atom stereocenters. The van der Waals surface area contributed by atoms with Crippen LogP contribution in [0.5, 0.6) is 5.75 Å². The monoisotopic (exact) mass is 436 g/mol. The summed E-state index contributed by atoms with van der Waals surface area (Å²) in [5, 5.41) is 2.77. The van der Waals surface area contributed by atoms with Gasteiger partial charge in [0.15, 0.2) is 6.61 Å². The van der Waals surface area contributed by atoms with Crippen LogP contribution < -0.4 is 15.0 Å². The Morgan fingerprint density at radius 3 is 2.34 bits per heavy atom. The number of rotatable bonds is 7. The fourth-order valence-electron chi connectivity index (χ4n) is 3.70. The predicted molar refractivity (Wildman–Crippen MR) is 118 cm³/mol. The lowest BCUT2D eigenvalue weighted by molar-refractivity contribution is -0.121. The van der Waals surface area contributed by atoms with Crippen molar-refractivity contribution in [2.45, 2.75) is 6.42 Å². The van der Waals surface area contributed by atoms with Crippen LogP contribution >= 0.6 is 0 Å². The summed E-state index contributed by atoms with van der Waals surface area (Å²) in [6, 6.07) is 11.7. The van der Waals surface area contributed by atoms with E-state index >= 15 is 0 Å². The van der Waals surface area contributed by atoms with E-state index in [1.54, 1.807) is 47.4 Å². The van der Waals surface area contributed by atoms with Gasteiger partial charge in [-0.2, -0.15) is 0 Å². The van der Waals surface area contributed by atoms with Crippen LogP contribution in [0.15, 0.2) is 42.5 Å². The number of fused-ring (bicyclic) bond motifs is 2. The van der Waals surface area contributed by atoms with Crippen molar-refractivity contribution in [3.63, 3.8) is 0 Å². The van der Waals surface area contributed by atoms with E-state index in [9.17, 15) is 19.2 Å². The molecule has 4 amide bonds. The van der Waals surface area contributed by atoms with Gasteiger partial charge in [-0.3, -0.25) is 24.1 Å². The highest BCUT2D eigenvalue weighted by Crippen LogP contribution is 2.34. The number of ether oxygens (including phenoxy) is 1. The van der Waals surface area contributed by atoms with Gasteiger partial charge < -0.3 is 19.9 Å². The van der Waals surface area contributed by atoms with E-state index in [1.807, 2.05) is 19.0 Å². The van der Waals surface area contributed by atoms with E-state index in [0.29, 0.717) is 41.3 Å². The van der Waals surface area contributed by atoms with Crippen LogP contribution in [0.4, 0.5) is 11.4 Å². The zero-order chi connectivity index (χ0) is 22.8. The first-order valence-electron chi connectivity index (χ1n) is 10.3. The van der Waals surface area contributed by atoms with Gasteiger partial charge >= 0.3 is 0 Å². The quantitative estimate of drug-likeness (QED) is 0.662. The van der Waals surface area contributed by atoms with Gasteiger partial charge in [0.25, 0.3) is 17.7 Å². The number of carbonyl (C=O) groups is 4. The van der Waals surface area contributed by atoms with Crippen molar-refractivity contribution in [3.8, 4) is 5.75 Å². The molecule has 9 heteroatoms. The summed E-state index contributed by atoms with van der Waals surface area (Å²) in [5.74, 6) is -0.691. The van der Waals surface area contributed by atoms with Crippen molar-refractivity contribution in [2.24, 2.45) is 0 Å². The molecule has 2 aliphatic rings. The molecule has 0 saturated carbocycles. The van der Waals surface area contributed by atoms with E-state index < -0.39 is 0 Å². The first kappa shape index (κ1) is 21.5. The second-order valence-corrected chi connectivity index (χ2v) is 7.93. The van der Waals surface area contributed by atoms with Crippen LogP contribution in [0.1, 0.15) is 27.1 Å². The molecule has 32 heavy (non-hydrogen) atoms. The second kappa shape index (κ2) is 8.80. The van der Waals surface area contributed by atoms with Crippen molar-refractivity contribution < 1.29 is 23.9 Å². The van der Waals surface area contributed by atoms with Crippen LogP contribution in [0, 0.1) is 0 Å². The molecule has 2 aliphatic heterocycles. The summed E-state index contributed by atoms with van der Waals surface area (Å²) in [7, 11) is 3.85. The van der Waals surface area contributed by atoms with Gasteiger partial charge in [0.2, 0.25) is 5.91 Å². The Labute approximate surface area is 185 Å². The summed E-state index contributed by atoms with van der Waals surface area (Å²) in [6.45, 7) is 1.15. The Kier molecular flexibility index (Phi) is 5.91. The molecule has 2 aromatic rings. The van der Waals surface area contributed by atoms with Crippen molar-refractivity contribution >= 4 is 35.0 Å². The van der Waals surface area contributed by atoms with Gasteiger partial charge in [0.1, 0.15) is 5.75 Å². The molecule has 0 unspecified atom stereocenters. The maximum absolute atomic E-state index is 12.5. The van der Waals surface area contributed by atoms with Crippen LogP contribution in [-0.4, -0.2) is 73.8 Å². The zero-order valence-corrected chi connectivity index (χ0v) is 18.0. The molecule has 0 radical (unpaired) electrons. The van der Waals surface area contributed by atoms with Gasteiger partial charge in [-0.15, -0.1) is 0 Å². The Hall–Kier alpha value is -3.72. The van der Waals surface area contributed by atoms with E-state index in [2.05, 4.69) is 5.32 Å². The van der Waals surface area contributed by atoms with Crippen molar-refractivity contribution in [1.82, 2.24) is 9.80 Å². The number of nitrogens with one attached hydrogen (secondary N) is 1. The van der Waals surface area contributed by atoms with E-state index in [1.165, 1.54) is 0 Å². The van der Waals surface area contributed by atoms with Gasteiger partial charge in [-0.25, -0.2) is 0 Å². The summed E-state index contributed by atoms with van der Waals surface area (Å²) >= 11 is 0. The van der Waals surface area contributed by atoms with Crippen LogP contribution in [0.25, 0.3) is 0 Å². The molecule has 0 saturated heterocycles. The van der Waals surface area contributed by atoms with Gasteiger partial charge in [-0.1, -0.05) is 12.1 Å². The molecule has 2 heterocycles. The molecule has 1 N–H and O–H groups in total. The lowest BCUT2D eigenvalue weighted by Crippen LogP contribution is -2.42. The van der Waals surface area contributed by atoms with Crippen molar-refractivity contribution in [3.05, 3.63) is 53.6 Å². The zero-order valence-electron chi connectivity index (χ0n) is 18.0. The lowest BCUT2D eigenvalue weighted by Gasteiger charge is -2.30. The van der Waals surface area contributed by atoms with Crippen LogP contribution in [0.3, 0.4) is 0 Å². The third-order valence-electron chi connectivity index (χ3n) is 5.40. The number of carbonyl (C=O) groups excluding carboxylic acids is 4. The predicted octanol–water partition coefficient (Wildman–Crippen LogP) is 1.60. The molecule has 166 valence electrons. The molecule has 0 aromatic heterocycles. The number of imide groups is 1. The largest absolute Gasteiger partial charge is 0.482 e. The van der Waals surface area contributed by atoms with E-state index in [-0.39, 0.29) is 43.2 Å². The molecular formula is C23H24N4O5. The minimum atomic E-state index is -0.389. The topological polar surface area (TPSA) is 99.3 Å². The Balaban J connectivity index is 1.41. The molecule has 0 bridgehead atoms. The normalized spacial score (nSPS) is 15.0. The highest BCUT2D eigenvalue weighted by Gasteiger charge is 2.35. The SMILES string of the molecule is CN(C)CCN1C(=O)COc2ccc(NC(=O)CCN3C(=O)c4ccccc4C3=O)cc21. The van der Waals surface area contributed by atoms with E-state index in [4.69, 9.17) is 4.74 Å². The summed E-state index contributed by atoms with van der Waals surface area (Å²) in [6.07, 6.45) is -0.0394. The number of benzene rings is 2. The number of hydrogen-bond donors (Lipinski definition) is 1. The Bertz CT molecular complexity index is 1060. The number of hydrogen-bond acceptors (Lipinski definition) is 6. The molecule has 2 aromatic carbocycles. The summed E-state index contributed by atoms with van der Waals surface area (Å²) in [5.41, 5.74) is 1.82. The fourth-order valence-corrected chi connectivity index (χ4v) is 3.70. The molecule has 4 rings (SSSR count). The smallest absolute Gasteiger partial charge is 0.265 e. The fraction of sp³-hybridized carbons (Fsp3) is 0.304. The first-order valence-corrected chi connectivity index (χ1v) is 10.3. The van der Waals surface area contributed by atoms with Crippen LogP contribution in [0.2, 0.25) is 0 Å². The molecule has 0 fully saturated rings. The highest BCUT2D eigenvalue weighted by atomic mass is 16.5. The van der Waals surface area contributed by atoms with Gasteiger partial charge in [0, 0.05) is 31.7 Å². The van der Waals surface area contributed by atoms with Crippen molar-refractivity contribution in [1.29, 1.82) is 0 Å². The van der Waals surface area contributed by atoms with Gasteiger partial charge in [0.05, 0.1) is 16.8 Å². The Morgan fingerprint density at radius 2 is 1.69 bits per heavy atom. The number of anilines is 2. The Morgan fingerprint density at radius 1 is 1.00 bits per heavy atom. The minimum Gasteiger partial charge on any atom is -0.482 e.